The summed E-state index contributed by atoms with van der Waals surface area (Å²) in [6.07, 6.45) is 1.01. The van der Waals surface area contributed by atoms with E-state index in [0.717, 1.165) is 52.2 Å². The number of likely N-dealkylation sites (N-methyl/N-ethyl adjacent to an activating group) is 1. The second kappa shape index (κ2) is 7.57. The molecular formula is C16H22ClIN2. The fourth-order valence-electron chi connectivity index (χ4n) is 2.20. The first-order valence-electron chi connectivity index (χ1n) is 6.95. The topological polar surface area (TPSA) is 12.9 Å². The van der Waals surface area contributed by atoms with Crippen LogP contribution in [0.25, 0.3) is 10.9 Å². The van der Waals surface area contributed by atoms with Gasteiger partial charge in [-0.2, -0.15) is 0 Å². The minimum absolute atomic E-state index is 0. The van der Waals surface area contributed by atoms with Crippen molar-refractivity contribution < 1.29 is 28.5 Å². The molecule has 4 heteroatoms. The summed E-state index contributed by atoms with van der Waals surface area (Å²) in [4.78, 5) is 4.71. The van der Waals surface area contributed by atoms with Crippen molar-refractivity contribution in [2.45, 2.75) is 20.3 Å². The Kier molecular flexibility index (Phi) is 6.69. The minimum atomic E-state index is 0. The quantitative estimate of drug-likeness (QED) is 0.533. The molecule has 0 aliphatic heterocycles. The molecule has 1 aromatic heterocycles. The summed E-state index contributed by atoms with van der Waals surface area (Å²) in [5.41, 5.74) is 2.15. The van der Waals surface area contributed by atoms with E-state index in [-0.39, 0.29) is 24.0 Å². The first-order chi connectivity index (χ1) is 9.06. The molecule has 0 unspecified atom stereocenters. The largest absolute Gasteiger partial charge is 1.00 e. The molecule has 0 saturated carbocycles. The highest BCUT2D eigenvalue weighted by Gasteiger charge is 2.16. The molecule has 2 nitrogen and oxygen atoms in total. The predicted molar refractivity (Wildman–Crippen MR) is 82.6 cm³/mol. The minimum Gasteiger partial charge on any atom is -1.00 e. The van der Waals surface area contributed by atoms with Gasteiger partial charge in [-0.1, -0.05) is 23.7 Å². The van der Waals surface area contributed by atoms with E-state index in [4.69, 9.17) is 16.6 Å². The van der Waals surface area contributed by atoms with Crippen molar-refractivity contribution in [2.75, 3.05) is 26.7 Å². The number of hydrogen-bond donors (Lipinski definition) is 0. The molecule has 1 heterocycles. The van der Waals surface area contributed by atoms with Gasteiger partial charge < -0.3 is 28.5 Å². The molecule has 0 aliphatic carbocycles. The monoisotopic (exact) mass is 404 g/mol. The summed E-state index contributed by atoms with van der Waals surface area (Å²) in [6, 6.07) is 10.1. The Labute approximate surface area is 143 Å². The van der Waals surface area contributed by atoms with Crippen LogP contribution in [-0.2, 0) is 6.42 Å². The third kappa shape index (κ3) is 4.30. The molecule has 20 heavy (non-hydrogen) atoms. The van der Waals surface area contributed by atoms with E-state index >= 15 is 0 Å². The Bertz CT molecular complexity index is 567. The standard InChI is InChI=1S/C16H22ClN2.HI/c1-4-19(3,5-2)11-10-15-9-7-13-6-8-14(17)12-16(13)18-15;/h6-9,12H,4-5,10-11H2,1-3H3;1H/q+1;/p-1. The molecule has 0 fully saturated rings. The number of pyridine rings is 1. The zero-order chi connectivity index (χ0) is 13.9. The first-order valence-corrected chi connectivity index (χ1v) is 7.33. The molecule has 2 rings (SSSR count). The number of halogens is 2. The number of nitrogens with zero attached hydrogens (tertiary/aromatic N) is 2. The number of quaternary nitrogens is 1. The average molecular weight is 405 g/mol. The van der Waals surface area contributed by atoms with Crippen LogP contribution in [0.3, 0.4) is 0 Å². The molecule has 0 amide bonds. The van der Waals surface area contributed by atoms with Crippen LogP contribution in [0.4, 0.5) is 0 Å². The van der Waals surface area contributed by atoms with Gasteiger partial charge in [0.15, 0.2) is 0 Å². The number of aromatic nitrogens is 1. The van der Waals surface area contributed by atoms with Crippen LogP contribution in [0, 0.1) is 0 Å². The summed E-state index contributed by atoms with van der Waals surface area (Å²) < 4.78 is 1.09. The van der Waals surface area contributed by atoms with E-state index in [9.17, 15) is 0 Å². The summed E-state index contributed by atoms with van der Waals surface area (Å²) in [5, 5.41) is 1.90. The lowest BCUT2D eigenvalue weighted by Gasteiger charge is -2.32. The number of benzene rings is 1. The highest BCUT2D eigenvalue weighted by molar-refractivity contribution is 6.31. The molecular weight excluding hydrogens is 383 g/mol. The fourth-order valence-corrected chi connectivity index (χ4v) is 2.36. The second-order valence-corrected chi connectivity index (χ2v) is 5.80. The van der Waals surface area contributed by atoms with Gasteiger partial charge in [0.2, 0.25) is 0 Å². The molecule has 0 atom stereocenters. The number of fused-ring (bicyclic) bond motifs is 1. The van der Waals surface area contributed by atoms with E-state index in [1.165, 1.54) is 0 Å². The van der Waals surface area contributed by atoms with Crippen molar-refractivity contribution >= 4 is 22.5 Å². The van der Waals surface area contributed by atoms with Gasteiger partial charge in [0.25, 0.3) is 0 Å². The van der Waals surface area contributed by atoms with Gasteiger partial charge in [-0.15, -0.1) is 0 Å². The van der Waals surface area contributed by atoms with Gasteiger partial charge in [0.05, 0.1) is 32.2 Å². The molecule has 110 valence electrons. The maximum absolute atomic E-state index is 6.02. The molecule has 0 N–H and O–H groups in total. The smallest absolute Gasteiger partial charge is 0.0840 e. The van der Waals surface area contributed by atoms with Gasteiger partial charge in [0, 0.05) is 22.5 Å². The lowest BCUT2D eigenvalue weighted by atomic mass is 10.1. The highest BCUT2D eigenvalue weighted by atomic mass is 127. The first kappa shape index (κ1) is 17.7. The maximum atomic E-state index is 6.02. The SMILES string of the molecule is CC[N+](C)(CC)CCc1ccc2ccc(Cl)cc2n1.[I-]. The molecule has 0 aliphatic rings. The second-order valence-electron chi connectivity index (χ2n) is 5.37. The average Bonchev–Trinajstić information content (AvgIpc) is 2.44. The molecule has 0 saturated heterocycles. The van der Waals surface area contributed by atoms with Gasteiger partial charge in [-0.25, -0.2) is 0 Å². The van der Waals surface area contributed by atoms with E-state index in [2.05, 4.69) is 33.0 Å². The number of rotatable bonds is 5. The van der Waals surface area contributed by atoms with Crippen molar-refractivity contribution in [1.82, 2.24) is 4.98 Å². The van der Waals surface area contributed by atoms with Crippen LogP contribution in [0.5, 0.6) is 0 Å². The summed E-state index contributed by atoms with van der Waals surface area (Å²) in [7, 11) is 2.30. The van der Waals surface area contributed by atoms with Gasteiger partial charge >= 0.3 is 0 Å². The van der Waals surface area contributed by atoms with E-state index in [1.54, 1.807) is 0 Å². The van der Waals surface area contributed by atoms with Gasteiger partial charge in [-0.3, -0.25) is 4.98 Å². The van der Waals surface area contributed by atoms with Crippen LogP contribution in [0.2, 0.25) is 5.02 Å². The Hall–Kier alpha value is -0.390. The fraction of sp³-hybridized carbons (Fsp3) is 0.438. The molecule has 0 spiro atoms. The highest BCUT2D eigenvalue weighted by Crippen LogP contribution is 2.18. The zero-order valence-corrected chi connectivity index (χ0v) is 15.3. The van der Waals surface area contributed by atoms with Crippen molar-refractivity contribution in [1.29, 1.82) is 0 Å². The molecule has 1 aromatic carbocycles. The Morgan fingerprint density at radius 2 is 1.75 bits per heavy atom. The molecule has 2 aromatic rings. The molecule has 0 bridgehead atoms. The summed E-state index contributed by atoms with van der Waals surface area (Å²) >= 11 is 6.02. The van der Waals surface area contributed by atoms with Crippen LogP contribution < -0.4 is 24.0 Å². The van der Waals surface area contributed by atoms with Crippen LogP contribution in [0.1, 0.15) is 19.5 Å². The van der Waals surface area contributed by atoms with E-state index < -0.39 is 0 Å². The Morgan fingerprint density at radius 1 is 1.10 bits per heavy atom. The summed E-state index contributed by atoms with van der Waals surface area (Å²) in [6.45, 7) is 7.95. The van der Waals surface area contributed by atoms with Crippen molar-refractivity contribution in [2.24, 2.45) is 0 Å². The maximum Gasteiger partial charge on any atom is 0.0840 e. The normalized spacial score (nSPS) is 11.4. The third-order valence-corrected chi connectivity index (χ3v) is 4.38. The van der Waals surface area contributed by atoms with Crippen molar-refractivity contribution in [3.63, 3.8) is 0 Å². The van der Waals surface area contributed by atoms with Crippen LogP contribution in [-0.4, -0.2) is 36.1 Å². The van der Waals surface area contributed by atoms with E-state index in [1.807, 2.05) is 18.2 Å². The van der Waals surface area contributed by atoms with Crippen molar-refractivity contribution in [3.05, 3.63) is 41.0 Å². The van der Waals surface area contributed by atoms with Gasteiger partial charge in [0.1, 0.15) is 0 Å². The zero-order valence-electron chi connectivity index (χ0n) is 12.4. The van der Waals surface area contributed by atoms with E-state index in [0.29, 0.717) is 0 Å². The lowest BCUT2D eigenvalue weighted by Crippen LogP contribution is -3.00. The van der Waals surface area contributed by atoms with Gasteiger partial charge in [-0.05, 0) is 32.0 Å². The predicted octanol–water partition coefficient (Wildman–Crippen LogP) is 0.921. The number of hydrogen-bond acceptors (Lipinski definition) is 1. The summed E-state index contributed by atoms with van der Waals surface area (Å²) in [5.74, 6) is 0. The Morgan fingerprint density at radius 3 is 2.40 bits per heavy atom. The molecule has 0 radical (unpaired) electrons. The third-order valence-electron chi connectivity index (χ3n) is 4.15. The van der Waals surface area contributed by atoms with Crippen LogP contribution in [0.15, 0.2) is 30.3 Å². The Balaban J connectivity index is 0.00000200. The van der Waals surface area contributed by atoms with Crippen molar-refractivity contribution in [3.8, 4) is 0 Å². The van der Waals surface area contributed by atoms with Crippen LogP contribution >= 0.6 is 11.6 Å². The lowest BCUT2D eigenvalue weighted by molar-refractivity contribution is -0.905.